The zero-order valence-corrected chi connectivity index (χ0v) is 14.6. The van der Waals surface area contributed by atoms with Crippen molar-refractivity contribution in [3.8, 4) is 0 Å². The number of carbonyl (C=O) groups is 1. The predicted molar refractivity (Wildman–Crippen MR) is 88.7 cm³/mol. The molecular weight excluding hydrogens is 367 g/mol. The van der Waals surface area contributed by atoms with Crippen LogP contribution in [0.3, 0.4) is 0 Å². The highest BCUT2D eigenvalue weighted by Crippen LogP contribution is 2.37. The summed E-state index contributed by atoms with van der Waals surface area (Å²) in [6, 6.07) is 4.58. The summed E-state index contributed by atoms with van der Waals surface area (Å²) >= 11 is 12.2. The van der Waals surface area contributed by atoms with Gasteiger partial charge in [-0.1, -0.05) is 41.0 Å². The Balaban J connectivity index is 2.17. The second-order valence-electron chi connectivity index (χ2n) is 4.69. The number of amides is 1. The van der Waals surface area contributed by atoms with Gasteiger partial charge < -0.3 is 5.32 Å². The van der Waals surface area contributed by atoms with Crippen molar-refractivity contribution in [1.29, 1.82) is 0 Å². The van der Waals surface area contributed by atoms with Gasteiger partial charge in [-0.25, -0.2) is 0 Å². The van der Waals surface area contributed by atoms with Crippen LogP contribution in [0.25, 0.3) is 0 Å². The van der Waals surface area contributed by atoms with Crippen molar-refractivity contribution in [2.45, 2.75) is 31.0 Å². The van der Waals surface area contributed by atoms with Gasteiger partial charge in [0.1, 0.15) is 6.54 Å². The van der Waals surface area contributed by atoms with Crippen LogP contribution in [-0.2, 0) is 11.3 Å². The average molecular weight is 380 g/mol. The third-order valence-corrected chi connectivity index (χ3v) is 4.86. The first kappa shape index (κ1) is 18.0. The first-order valence-corrected chi connectivity index (χ1v) is 8.15. The molecule has 4 nitrogen and oxygen atoms in total. The van der Waals surface area contributed by atoms with Crippen molar-refractivity contribution in [3.05, 3.63) is 39.6 Å². The second-order valence-corrected chi connectivity index (χ2v) is 6.47. The number of nitrogens with one attached hydrogen (secondary N) is 1. The Morgan fingerprint density at radius 1 is 1.39 bits per heavy atom. The molecule has 2 rings (SSSR count). The molecule has 0 saturated carbocycles. The van der Waals surface area contributed by atoms with E-state index < -0.39 is 11.7 Å². The minimum atomic E-state index is -2.64. The molecule has 0 atom stereocenters. The third-order valence-electron chi connectivity index (χ3n) is 3.03. The van der Waals surface area contributed by atoms with Gasteiger partial charge in [0, 0.05) is 0 Å². The van der Waals surface area contributed by atoms with E-state index in [9.17, 15) is 13.6 Å². The maximum atomic E-state index is 12.6. The molecule has 1 aromatic carbocycles. The average Bonchev–Trinajstić information content (AvgIpc) is 2.70. The van der Waals surface area contributed by atoms with Crippen LogP contribution in [0.5, 0.6) is 0 Å². The standard InChI is InChI=1S/C14H13Cl2F2N3OS/c1-7-12(16)8(2)21(20-7)6-11(22)19-10-5-3-4-9(15)13(10)23-14(17)18/h3-5,14H,6H2,1-2H3,(H,19,22). The SMILES string of the molecule is Cc1nn(CC(=O)Nc2cccc(Cl)c2SC(F)F)c(C)c1Cl. The molecule has 9 heteroatoms. The van der Waals surface area contributed by atoms with Crippen LogP contribution in [-0.4, -0.2) is 21.4 Å². The lowest BCUT2D eigenvalue weighted by atomic mass is 10.3. The van der Waals surface area contributed by atoms with Crippen LogP contribution in [0.4, 0.5) is 14.5 Å². The molecule has 1 N–H and O–H groups in total. The van der Waals surface area contributed by atoms with Crippen molar-refractivity contribution in [2.75, 3.05) is 5.32 Å². The summed E-state index contributed by atoms with van der Waals surface area (Å²) in [6.45, 7) is 3.40. The number of thioether (sulfide) groups is 1. The van der Waals surface area contributed by atoms with Crippen molar-refractivity contribution in [1.82, 2.24) is 9.78 Å². The Morgan fingerprint density at radius 3 is 2.65 bits per heavy atom. The fourth-order valence-corrected chi connectivity index (χ4v) is 3.02. The third kappa shape index (κ3) is 4.37. The van der Waals surface area contributed by atoms with E-state index in [1.807, 2.05) is 0 Å². The number of aromatic nitrogens is 2. The number of anilines is 1. The highest BCUT2D eigenvalue weighted by atomic mass is 35.5. The van der Waals surface area contributed by atoms with Gasteiger partial charge in [-0.15, -0.1) is 0 Å². The molecule has 124 valence electrons. The van der Waals surface area contributed by atoms with E-state index in [0.717, 1.165) is 0 Å². The van der Waals surface area contributed by atoms with Crippen molar-refractivity contribution in [2.24, 2.45) is 0 Å². The van der Waals surface area contributed by atoms with E-state index in [1.165, 1.54) is 16.8 Å². The van der Waals surface area contributed by atoms with Gasteiger partial charge >= 0.3 is 0 Å². The topological polar surface area (TPSA) is 46.9 Å². The van der Waals surface area contributed by atoms with Gasteiger partial charge in [-0.05, 0) is 26.0 Å². The number of hydrogen-bond donors (Lipinski definition) is 1. The number of carbonyl (C=O) groups excluding carboxylic acids is 1. The molecule has 0 unspecified atom stereocenters. The van der Waals surface area contributed by atoms with Crippen molar-refractivity contribution in [3.63, 3.8) is 0 Å². The summed E-state index contributed by atoms with van der Waals surface area (Å²) in [7, 11) is 0. The Morgan fingerprint density at radius 2 is 2.09 bits per heavy atom. The predicted octanol–water partition coefficient (Wildman–Crippen LogP) is 4.76. The van der Waals surface area contributed by atoms with E-state index in [0.29, 0.717) is 16.4 Å². The molecule has 0 fully saturated rings. The Bertz CT molecular complexity index is 737. The molecule has 23 heavy (non-hydrogen) atoms. The van der Waals surface area contributed by atoms with Crippen LogP contribution in [0.15, 0.2) is 23.1 Å². The highest BCUT2D eigenvalue weighted by molar-refractivity contribution is 7.99. The van der Waals surface area contributed by atoms with Crippen LogP contribution in [0.1, 0.15) is 11.4 Å². The molecular formula is C14H13Cl2F2N3OS. The first-order valence-electron chi connectivity index (χ1n) is 6.52. The molecule has 0 radical (unpaired) electrons. The van der Waals surface area contributed by atoms with E-state index in [1.54, 1.807) is 19.9 Å². The highest BCUT2D eigenvalue weighted by Gasteiger charge is 2.17. The minimum absolute atomic E-state index is 0.0787. The van der Waals surface area contributed by atoms with Crippen molar-refractivity contribution >= 4 is 46.6 Å². The lowest BCUT2D eigenvalue weighted by Crippen LogP contribution is -2.20. The number of nitrogens with zero attached hydrogens (tertiary/aromatic N) is 2. The molecule has 0 aliphatic rings. The molecule has 0 spiro atoms. The summed E-state index contributed by atoms with van der Waals surface area (Å²) in [6.07, 6.45) is 0. The van der Waals surface area contributed by atoms with Crippen LogP contribution in [0.2, 0.25) is 10.0 Å². The van der Waals surface area contributed by atoms with Gasteiger partial charge in [-0.3, -0.25) is 9.48 Å². The number of aryl methyl sites for hydroxylation is 1. The van der Waals surface area contributed by atoms with E-state index in [-0.39, 0.29) is 33.9 Å². The molecule has 1 amide bonds. The number of halogens is 4. The maximum Gasteiger partial charge on any atom is 0.289 e. The van der Waals surface area contributed by atoms with Gasteiger partial charge in [0.15, 0.2) is 0 Å². The fraction of sp³-hybridized carbons (Fsp3) is 0.286. The Kier molecular flexibility index (Phi) is 5.89. The molecule has 0 bridgehead atoms. The van der Waals surface area contributed by atoms with Crippen LogP contribution in [0, 0.1) is 13.8 Å². The quantitative estimate of drug-likeness (QED) is 0.761. The van der Waals surface area contributed by atoms with E-state index in [4.69, 9.17) is 23.2 Å². The van der Waals surface area contributed by atoms with Gasteiger partial charge in [0.05, 0.1) is 32.0 Å². The monoisotopic (exact) mass is 379 g/mol. The van der Waals surface area contributed by atoms with Gasteiger partial charge in [-0.2, -0.15) is 13.9 Å². The van der Waals surface area contributed by atoms with Gasteiger partial charge in [0.2, 0.25) is 5.91 Å². The van der Waals surface area contributed by atoms with Crippen molar-refractivity contribution < 1.29 is 13.6 Å². The summed E-state index contributed by atoms with van der Waals surface area (Å²) in [5.74, 6) is -3.05. The smallest absolute Gasteiger partial charge is 0.289 e. The number of hydrogen-bond acceptors (Lipinski definition) is 3. The lowest BCUT2D eigenvalue weighted by Gasteiger charge is -2.12. The molecule has 0 saturated heterocycles. The maximum absolute atomic E-state index is 12.6. The normalized spacial score (nSPS) is 11.1. The van der Waals surface area contributed by atoms with E-state index in [2.05, 4.69) is 10.4 Å². The second kappa shape index (κ2) is 7.51. The van der Waals surface area contributed by atoms with E-state index >= 15 is 0 Å². The Hall–Kier alpha value is -1.31. The largest absolute Gasteiger partial charge is 0.323 e. The van der Waals surface area contributed by atoms with Gasteiger partial charge in [0.25, 0.3) is 5.76 Å². The molecule has 1 heterocycles. The summed E-state index contributed by atoms with van der Waals surface area (Å²) in [5, 5.41) is 7.38. The number of rotatable bonds is 5. The number of alkyl halides is 2. The lowest BCUT2D eigenvalue weighted by molar-refractivity contribution is -0.116. The first-order chi connectivity index (χ1) is 10.8. The zero-order valence-electron chi connectivity index (χ0n) is 12.2. The molecule has 1 aromatic heterocycles. The Labute approximate surface area is 146 Å². The van der Waals surface area contributed by atoms with Crippen LogP contribution >= 0.6 is 35.0 Å². The minimum Gasteiger partial charge on any atom is -0.323 e. The fourth-order valence-electron chi connectivity index (χ4n) is 1.97. The molecule has 0 aliphatic heterocycles. The summed E-state index contributed by atoms with van der Waals surface area (Å²) in [5.41, 5.74) is 1.52. The summed E-state index contributed by atoms with van der Waals surface area (Å²) < 4.78 is 26.7. The van der Waals surface area contributed by atoms with Crippen LogP contribution < -0.4 is 5.32 Å². The summed E-state index contributed by atoms with van der Waals surface area (Å²) in [4.78, 5) is 12.3. The molecule has 2 aromatic rings. The molecule has 0 aliphatic carbocycles. The number of benzene rings is 1. The zero-order chi connectivity index (χ0) is 17.1.